The van der Waals surface area contributed by atoms with Crippen LogP contribution in [0, 0.1) is 0 Å². The maximum atomic E-state index is 13.4. The van der Waals surface area contributed by atoms with Gasteiger partial charge in [-0.15, -0.1) is 0 Å². The first-order valence-corrected chi connectivity index (χ1v) is 11.6. The third-order valence-electron chi connectivity index (χ3n) is 5.91. The normalized spacial score (nSPS) is 11.1. The first-order valence-electron chi connectivity index (χ1n) is 11.6. The van der Waals surface area contributed by atoms with Crippen molar-refractivity contribution in [2.45, 2.75) is 26.1 Å². The van der Waals surface area contributed by atoms with E-state index in [9.17, 15) is 14.4 Å². The summed E-state index contributed by atoms with van der Waals surface area (Å²) in [6.45, 7) is 0.903. The van der Waals surface area contributed by atoms with E-state index in [1.54, 1.807) is 18.8 Å². The molecule has 0 saturated heterocycles. The predicted octanol–water partition coefficient (Wildman–Crippen LogP) is 1.42. The molecule has 0 spiro atoms. The molecule has 0 fully saturated rings. The number of carbonyl (C=O) groups is 1. The minimum Gasteiger partial charge on any atom is -0.496 e. The van der Waals surface area contributed by atoms with Crippen LogP contribution in [0.3, 0.4) is 0 Å². The molecule has 0 saturated carbocycles. The number of ether oxygens (including phenoxy) is 2. The lowest BCUT2D eigenvalue weighted by Gasteiger charge is -2.13. The van der Waals surface area contributed by atoms with Crippen molar-refractivity contribution in [3.63, 3.8) is 0 Å². The molecule has 2 aromatic heterocycles. The van der Waals surface area contributed by atoms with Gasteiger partial charge in [-0.3, -0.25) is 14.2 Å². The molecule has 0 atom stereocenters. The fraction of sp³-hybridized carbons (Fsp3) is 0.308. The summed E-state index contributed by atoms with van der Waals surface area (Å²) < 4.78 is 14.5. The Morgan fingerprint density at radius 3 is 2.50 bits per heavy atom. The van der Waals surface area contributed by atoms with Gasteiger partial charge in [0.05, 0.1) is 26.6 Å². The van der Waals surface area contributed by atoms with E-state index in [1.165, 1.54) is 10.9 Å². The van der Waals surface area contributed by atoms with Crippen LogP contribution in [-0.4, -0.2) is 52.0 Å². The van der Waals surface area contributed by atoms with Gasteiger partial charge in [-0.05, 0) is 23.6 Å². The van der Waals surface area contributed by atoms with Crippen LogP contribution in [0.4, 0.5) is 0 Å². The average molecular weight is 492 g/mol. The lowest BCUT2D eigenvalue weighted by Crippen LogP contribution is -2.44. The number of carbonyl (C=O) groups excluding carboxylic acids is 1. The maximum Gasteiger partial charge on any atom is 0.333 e. The second-order valence-electron chi connectivity index (χ2n) is 8.26. The molecule has 0 radical (unpaired) electrons. The van der Waals surface area contributed by atoms with E-state index in [2.05, 4.69) is 10.3 Å². The second kappa shape index (κ2) is 11.5. The topological polar surface area (TPSA) is 109 Å². The molecular formula is C26H29N5O5. The van der Waals surface area contributed by atoms with E-state index >= 15 is 0 Å². The number of benzene rings is 2. The van der Waals surface area contributed by atoms with E-state index < -0.39 is 23.7 Å². The summed E-state index contributed by atoms with van der Waals surface area (Å²) in [5, 5.41) is 2.80. The van der Waals surface area contributed by atoms with Crippen LogP contribution < -0.4 is 21.3 Å². The van der Waals surface area contributed by atoms with Crippen molar-refractivity contribution in [2.24, 2.45) is 0 Å². The number of methoxy groups -OCH3 is 2. The molecule has 1 N–H and O–H groups in total. The molecule has 0 bridgehead atoms. The average Bonchev–Trinajstić information content (AvgIpc) is 3.32. The van der Waals surface area contributed by atoms with Crippen LogP contribution in [-0.2, 0) is 35.6 Å². The van der Waals surface area contributed by atoms with Gasteiger partial charge in [0.2, 0.25) is 5.91 Å². The van der Waals surface area contributed by atoms with Gasteiger partial charge in [-0.1, -0.05) is 48.5 Å². The van der Waals surface area contributed by atoms with Crippen LogP contribution in [0.5, 0.6) is 5.75 Å². The maximum absolute atomic E-state index is 13.4. The zero-order valence-electron chi connectivity index (χ0n) is 20.3. The van der Waals surface area contributed by atoms with E-state index in [1.807, 2.05) is 54.6 Å². The molecule has 2 aromatic carbocycles. The Balaban J connectivity index is 1.62. The Labute approximate surface area is 207 Å². The van der Waals surface area contributed by atoms with Crippen LogP contribution in [0.25, 0.3) is 11.2 Å². The monoisotopic (exact) mass is 491 g/mol. The highest BCUT2D eigenvalue weighted by molar-refractivity contribution is 5.76. The fourth-order valence-corrected chi connectivity index (χ4v) is 4.09. The summed E-state index contributed by atoms with van der Waals surface area (Å²) >= 11 is 0. The van der Waals surface area contributed by atoms with Crippen molar-refractivity contribution in [1.29, 1.82) is 0 Å². The quantitative estimate of drug-likeness (QED) is 0.340. The predicted molar refractivity (Wildman–Crippen MR) is 135 cm³/mol. The number of hydrogen-bond donors (Lipinski definition) is 1. The van der Waals surface area contributed by atoms with Gasteiger partial charge >= 0.3 is 5.69 Å². The fourth-order valence-electron chi connectivity index (χ4n) is 4.09. The minimum atomic E-state index is -0.590. The lowest BCUT2D eigenvalue weighted by molar-refractivity contribution is -0.121. The van der Waals surface area contributed by atoms with E-state index in [-0.39, 0.29) is 17.7 Å². The van der Waals surface area contributed by atoms with Gasteiger partial charge in [-0.2, -0.15) is 0 Å². The van der Waals surface area contributed by atoms with Gasteiger partial charge in [0.1, 0.15) is 12.3 Å². The molecular weight excluding hydrogens is 462 g/mol. The molecule has 4 aromatic rings. The number of para-hydroxylation sites is 1. The van der Waals surface area contributed by atoms with Crippen LogP contribution in [0.1, 0.15) is 11.1 Å². The molecule has 10 heteroatoms. The summed E-state index contributed by atoms with van der Waals surface area (Å²) in [6.07, 6.45) is 2.06. The largest absolute Gasteiger partial charge is 0.496 e. The number of fused-ring (bicyclic) bond motifs is 1. The number of amides is 1. The van der Waals surface area contributed by atoms with Gasteiger partial charge in [0, 0.05) is 20.2 Å². The van der Waals surface area contributed by atoms with Crippen molar-refractivity contribution < 1.29 is 14.3 Å². The molecule has 36 heavy (non-hydrogen) atoms. The first-order chi connectivity index (χ1) is 17.5. The molecule has 0 aliphatic heterocycles. The molecule has 1 amide bonds. The third kappa shape index (κ3) is 5.38. The zero-order chi connectivity index (χ0) is 25.5. The SMILES string of the molecule is COCCn1cnc2c1c(=O)n(CC(=O)NCCc1ccccc1OC)c(=O)n2Cc1ccccc1. The standard InChI is InChI=1S/C26H29N5O5/c1-35-15-14-29-18-28-24-23(29)25(33)31(26(34)30(24)16-19-8-4-3-5-9-19)17-22(32)27-13-12-20-10-6-7-11-21(20)36-2/h3-11,18H,12-17H2,1-2H3,(H,27,32). The molecule has 0 unspecified atom stereocenters. The summed E-state index contributed by atoms with van der Waals surface area (Å²) in [5.74, 6) is 0.305. The Morgan fingerprint density at radius 1 is 1.00 bits per heavy atom. The zero-order valence-corrected chi connectivity index (χ0v) is 20.3. The molecule has 188 valence electrons. The summed E-state index contributed by atoms with van der Waals surface area (Å²) in [7, 11) is 3.16. The first kappa shape index (κ1) is 24.9. The number of imidazole rings is 1. The molecule has 0 aliphatic rings. The molecule has 0 aliphatic carbocycles. The van der Waals surface area contributed by atoms with Crippen molar-refractivity contribution >= 4 is 17.1 Å². The number of rotatable bonds is 11. The summed E-state index contributed by atoms with van der Waals surface area (Å²) in [5.41, 5.74) is 1.20. The van der Waals surface area contributed by atoms with Crippen molar-refractivity contribution in [2.75, 3.05) is 27.4 Å². The number of aromatic nitrogens is 4. The van der Waals surface area contributed by atoms with E-state index in [0.29, 0.717) is 26.1 Å². The van der Waals surface area contributed by atoms with Crippen molar-refractivity contribution in [3.05, 3.63) is 92.9 Å². The van der Waals surface area contributed by atoms with Crippen LogP contribution >= 0.6 is 0 Å². The van der Waals surface area contributed by atoms with Crippen molar-refractivity contribution in [1.82, 2.24) is 24.0 Å². The number of nitrogens with zero attached hydrogens (tertiary/aromatic N) is 4. The minimum absolute atomic E-state index is 0.215. The highest BCUT2D eigenvalue weighted by Gasteiger charge is 2.20. The molecule has 2 heterocycles. The second-order valence-corrected chi connectivity index (χ2v) is 8.26. The third-order valence-corrected chi connectivity index (χ3v) is 5.91. The highest BCUT2D eigenvalue weighted by Crippen LogP contribution is 2.17. The smallest absolute Gasteiger partial charge is 0.333 e. The highest BCUT2D eigenvalue weighted by atomic mass is 16.5. The Hall–Kier alpha value is -4.18. The van der Waals surface area contributed by atoms with Gasteiger partial charge in [-0.25, -0.2) is 14.3 Å². The number of hydrogen-bond acceptors (Lipinski definition) is 6. The van der Waals surface area contributed by atoms with E-state index in [4.69, 9.17) is 9.47 Å². The van der Waals surface area contributed by atoms with Crippen LogP contribution in [0.15, 0.2) is 70.5 Å². The Morgan fingerprint density at radius 2 is 1.75 bits per heavy atom. The van der Waals surface area contributed by atoms with E-state index in [0.717, 1.165) is 21.4 Å². The summed E-state index contributed by atoms with van der Waals surface area (Å²) in [4.78, 5) is 43.9. The Bertz CT molecular complexity index is 1460. The van der Waals surface area contributed by atoms with Crippen molar-refractivity contribution in [3.8, 4) is 5.75 Å². The molecule has 4 rings (SSSR count). The lowest BCUT2D eigenvalue weighted by atomic mass is 10.1. The van der Waals surface area contributed by atoms with Gasteiger partial charge < -0.3 is 19.4 Å². The summed E-state index contributed by atoms with van der Waals surface area (Å²) in [6, 6.07) is 17.0. The molecule has 10 nitrogen and oxygen atoms in total. The van der Waals surface area contributed by atoms with Gasteiger partial charge in [0.25, 0.3) is 5.56 Å². The Kier molecular flexibility index (Phi) is 7.96. The van der Waals surface area contributed by atoms with Crippen LogP contribution in [0.2, 0.25) is 0 Å². The van der Waals surface area contributed by atoms with Gasteiger partial charge in [0.15, 0.2) is 11.2 Å². The number of nitrogens with one attached hydrogen (secondary N) is 1.